The topological polar surface area (TPSA) is 49.3 Å². The van der Waals surface area contributed by atoms with E-state index in [9.17, 15) is 4.79 Å². The van der Waals surface area contributed by atoms with Crippen LogP contribution < -0.4 is 5.32 Å². The van der Waals surface area contributed by atoms with Crippen molar-refractivity contribution in [3.05, 3.63) is 29.8 Å². The van der Waals surface area contributed by atoms with Crippen LogP contribution in [0.2, 0.25) is 0 Å². The van der Waals surface area contributed by atoms with Gasteiger partial charge in [-0.05, 0) is 18.1 Å². The van der Waals surface area contributed by atoms with E-state index < -0.39 is 5.97 Å². The Morgan fingerprint density at radius 3 is 2.77 bits per heavy atom. The number of hydrogen-bond acceptors (Lipinski definition) is 2. The van der Waals surface area contributed by atoms with Crippen molar-refractivity contribution in [2.75, 3.05) is 11.9 Å². The van der Waals surface area contributed by atoms with Gasteiger partial charge in [0.25, 0.3) is 0 Å². The van der Waals surface area contributed by atoms with Crippen molar-refractivity contribution < 1.29 is 9.90 Å². The van der Waals surface area contributed by atoms with E-state index in [-0.39, 0.29) is 6.54 Å². The maximum absolute atomic E-state index is 10.3. The van der Waals surface area contributed by atoms with Crippen LogP contribution in [-0.2, 0) is 11.2 Å². The van der Waals surface area contributed by atoms with E-state index in [1.807, 2.05) is 31.2 Å². The Morgan fingerprint density at radius 1 is 1.46 bits per heavy atom. The summed E-state index contributed by atoms with van der Waals surface area (Å²) in [5.74, 6) is -0.842. The lowest BCUT2D eigenvalue weighted by Crippen LogP contribution is -2.13. The van der Waals surface area contributed by atoms with E-state index in [0.29, 0.717) is 0 Å². The Balaban J connectivity index is 2.69. The molecule has 3 nitrogen and oxygen atoms in total. The van der Waals surface area contributed by atoms with Crippen LogP contribution in [0, 0.1) is 0 Å². The van der Waals surface area contributed by atoms with Crippen molar-refractivity contribution >= 4 is 11.7 Å². The highest BCUT2D eigenvalue weighted by Gasteiger charge is 2.00. The summed E-state index contributed by atoms with van der Waals surface area (Å²) < 4.78 is 0. The first kappa shape index (κ1) is 9.58. The van der Waals surface area contributed by atoms with Gasteiger partial charge in [-0.25, -0.2) is 0 Å². The number of hydrogen-bond donors (Lipinski definition) is 2. The Kier molecular flexibility index (Phi) is 3.31. The van der Waals surface area contributed by atoms with Gasteiger partial charge in [0, 0.05) is 5.69 Å². The number of benzene rings is 1. The number of aryl methyl sites for hydroxylation is 1. The van der Waals surface area contributed by atoms with Crippen LogP contribution in [-0.4, -0.2) is 17.6 Å². The van der Waals surface area contributed by atoms with Gasteiger partial charge in [-0.3, -0.25) is 4.79 Å². The first-order valence-corrected chi connectivity index (χ1v) is 4.27. The van der Waals surface area contributed by atoms with E-state index >= 15 is 0 Å². The summed E-state index contributed by atoms with van der Waals surface area (Å²) in [5.41, 5.74) is 2.05. The molecule has 0 aliphatic carbocycles. The summed E-state index contributed by atoms with van der Waals surface area (Å²) in [6.45, 7) is 2.01. The lowest BCUT2D eigenvalue weighted by Gasteiger charge is -2.07. The standard InChI is InChI=1S/C10H13NO2/c1-2-8-5-3-4-6-9(8)11-7-10(12)13/h3-6,11H,2,7H2,1H3,(H,12,13). The quantitative estimate of drug-likeness (QED) is 0.740. The summed E-state index contributed by atoms with van der Waals surface area (Å²) in [7, 11) is 0. The predicted molar refractivity (Wildman–Crippen MR) is 51.9 cm³/mol. The average Bonchev–Trinajstić information content (AvgIpc) is 2.15. The van der Waals surface area contributed by atoms with E-state index in [1.165, 1.54) is 0 Å². The summed E-state index contributed by atoms with van der Waals surface area (Å²) in [6, 6.07) is 7.72. The molecule has 3 heteroatoms. The van der Waals surface area contributed by atoms with Crippen LogP contribution in [0.5, 0.6) is 0 Å². The fraction of sp³-hybridized carbons (Fsp3) is 0.300. The highest BCUT2D eigenvalue weighted by Crippen LogP contribution is 2.14. The van der Waals surface area contributed by atoms with E-state index in [4.69, 9.17) is 5.11 Å². The zero-order valence-electron chi connectivity index (χ0n) is 7.58. The molecule has 1 aromatic rings. The first-order valence-electron chi connectivity index (χ1n) is 4.27. The van der Waals surface area contributed by atoms with Gasteiger partial charge < -0.3 is 10.4 Å². The molecule has 0 radical (unpaired) electrons. The second-order valence-corrected chi connectivity index (χ2v) is 2.76. The highest BCUT2D eigenvalue weighted by molar-refractivity contribution is 5.73. The Morgan fingerprint density at radius 2 is 2.15 bits per heavy atom. The van der Waals surface area contributed by atoms with Gasteiger partial charge in [0.2, 0.25) is 0 Å². The van der Waals surface area contributed by atoms with Gasteiger partial charge in [0.05, 0.1) is 0 Å². The van der Waals surface area contributed by atoms with Crippen LogP contribution in [0.1, 0.15) is 12.5 Å². The van der Waals surface area contributed by atoms with Crippen molar-refractivity contribution in [2.45, 2.75) is 13.3 Å². The zero-order chi connectivity index (χ0) is 9.68. The van der Waals surface area contributed by atoms with Crippen LogP contribution in [0.4, 0.5) is 5.69 Å². The van der Waals surface area contributed by atoms with Crippen molar-refractivity contribution in [3.8, 4) is 0 Å². The van der Waals surface area contributed by atoms with E-state index in [1.54, 1.807) is 0 Å². The largest absolute Gasteiger partial charge is 0.480 e. The van der Waals surface area contributed by atoms with Gasteiger partial charge in [-0.15, -0.1) is 0 Å². The number of carboxylic acids is 1. The monoisotopic (exact) mass is 179 g/mol. The lowest BCUT2D eigenvalue weighted by atomic mass is 10.1. The molecule has 0 bridgehead atoms. The van der Waals surface area contributed by atoms with Gasteiger partial charge >= 0.3 is 5.97 Å². The molecule has 1 rings (SSSR count). The summed E-state index contributed by atoms with van der Waals surface area (Å²) in [6.07, 6.45) is 0.906. The molecule has 13 heavy (non-hydrogen) atoms. The SMILES string of the molecule is CCc1ccccc1NCC(=O)O. The molecule has 2 N–H and O–H groups in total. The molecule has 0 aliphatic heterocycles. The lowest BCUT2D eigenvalue weighted by molar-refractivity contribution is -0.134. The van der Waals surface area contributed by atoms with Gasteiger partial charge in [0.15, 0.2) is 0 Å². The number of nitrogens with one attached hydrogen (secondary N) is 1. The molecule has 0 aliphatic rings. The molecule has 0 amide bonds. The second-order valence-electron chi connectivity index (χ2n) is 2.76. The third kappa shape index (κ3) is 2.78. The van der Waals surface area contributed by atoms with Crippen LogP contribution in [0.25, 0.3) is 0 Å². The van der Waals surface area contributed by atoms with Crippen LogP contribution >= 0.6 is 0 Å². The van der Waals surface area contributed by atoms with E-state index in [2.05, 4.69) is 5.32 Å². The fourth-order valence-electron chi connectivity index (χ4n) is 1.17. The van der Waals surface area contributed by atoms with Crippen LogP contribution in [0.15, 0.2) is 24.3 Å². The van der Waals surface area contributed by atoms with Gasteiger partial charge in [-0.1, -0.05) is 25.1 Å². The minimum Gasteiger partial charge on any atom is -0.480 e. The summed E-state index contributed by atoms with van der Waals surface area (Å²) in [4.78, 5) is 10.3. The van der Waals surface area contributed by atoms with Gasteiger partial charge in [-0.2, -0.15) is 0 Å². The Hall–Kier alpha value is -1.51. The van der Waals surface area contributed by atoms with Gasteiger partial charge in [0.1, 0.15) is 6.54 Å². The normalized spacial score (nSPS) is 9.62. The zero-order valence-corrected chi connectivity index (χ0v) is 7.58. The Labute approximate surface area is 77.4 Å². The average molecular weight is 179 g/mol. The molecule has 0 fully saturated rings. The molecule has 0 unspecified atom stereocenters. The number of anilines is 1. The van der Waals surface area contributed by atoms with Crippen molar-refractivity contribution in [2.24, 2.45) is 0 Å². The number of para-hydroxylation sites is 1. The molecule has 0 spiro atoms. The summed E-state index contributed by atoms with van der Waals surface area (Å²) >= 11 is 0. The molecule has 0 aromatic heterocycles. The maximum atomic E-state index is 10.3. The fourth-order valence-corrected chi connectivity index (χ4v) is 1.17. The molecule has 1 aromatic carbocycles. The van der Waals surface area contributed by atoms with E-state index in [0.717, 1.165) is 17.7 Å². The number of carbonyl (C=O) groups is 1. The molecular weight excluding hydrogens is 166 g/mol. The minimum atomic E-state index is -0.842. The van der Waals surface area contributed by atoms with Crippen molar-refractivity contribution in [1.29, 1.82) is 0 Å². The van der Waals surface area contributed by atoms with Crippen molar-refractivity contribution in [3.63, 3.8) is 0 Å². The number of aliphatic carboxylic acids is 1. The van der Waals surface area contributed by atoms with Crippen molar-refractivity contribution in [1.82, 2.24) is 0 Å². The molecular formula is C10H13NO2. The predicted octanol–water partition coefficient (Wildman–Crippen LogP) is 1.75. The molecule has 0 heterocycles. The minimum absolute atomic E-state index is 0.0307. The maximum Gasteiger partial charge on any atom is 0.322 e. The molecule has 70 valence electrons. The third-order valence-corrected chi connectivity index (χ3v) is 1.83. The van der Waals surface area contributed by atoms with Crippen LogP contribution in [0.3, 0.4) is 0 Å². The summed E-state index contributed by atoms with van der Waals surface area (Å²) in [5, 5.41) is 11.3. The second kappa shape index (κ2) is 4.50. The third-order valence-electron chi connectivity index (χ3n) is 1.83. The number of carboxylic acid groups (broad SMARTS) is 1. The first-order chi connectivity index (χ1) is 6.24. The Bertz CT molecular complexity index is 297. The number of rotatable bonds is 4. The smallest absolute Gasteiger partial charge is 0.322 e. The highest BCUT2D eigenvalue weighted by atomic mass is 16.4. The molecule has 0 atom stereocenters. The molecule has 0 saturated heterocycles. The molecule has 0 saturated carbocycles.